The largest absolute Gasteiger partial charge is 0.352 e. The molecule has 1 amide bonds. The average molecular weight is 260 g/mol. The molecule has 0 radical (unpaired) electrons. The highest BCUT2D eigenvalue weighted by atomic mass is 16.2. The molecule has 3 nitrogen and oxygen atoms in total. The van der Waals surface area contributed by atoms with Crippen LogP contribution in [0, 0.1) is 5.92 Å². The summed E-state index contributed by atoms with van der Waals surface area (Å²) in [6, 6.07) is 11.1. The van der Waals surface area contributed by atoms with Gasteiger partial charge in [-0.2, -0.15) is 0 Å². The number of carbonyl (C=O) groups excluding carboxylic acids is 1. The average Bonchev–Trinajstić information content (AvgIpc) is 3.19. The molecule has 0 aromatic heterocycles. The van der Waals surface area contributed by atoms with E-state index >= 15 is 0 Å². The second-order valence-corrected chi connectivity index (χ2v) is 5.82. The van der Waals surface area contributed by atoms with Gasteiger partial charge in [-0.05, 0) is 30.7 Å². The molecular weight excluding hydrogens is 236 g/mol. The number of hydrogen-bond acceptors (Lipinski definition) is 2. The van der Waals surface area contributed by atoms with Crippen LogP contribution in [-0.2, 0) is 4.79 Å². The highest BCUT2D eigenvalue weighted by Crippen LogP contribution is 2.21. The van der Waals surface area contributed by atoms with Gasteiger partial charge in [0.2, 0.25) is 5.91 Å². The maximum absolute atomic E-state index is 11.7. The lowest BCUT2D eigenvalue weighted by atomic mass is 9.97. The predicted octanol–water partition coefficient (Wildman–Crippen LogP) is 2.64. The van der Waals surface area contributed by atoms with Crippen molar-refractivity contribution in [1.29, 1.82) is 0 Å². The lowest BCUT2D eigenvalue weighted by molar-refractivity contribution is -0.120. The van der Waals surface area contributed by atoms with Gasteiger partial charge in [-0.1, -0.05) is 44.2 Å². The van der Waals surface area contributed by atoms with Gasteiger partial charge in [0.15, 0.2) is 0 Å². The molecule has 0 spiro atoms. The van der Waals surface area contributed by atoms with Gasteiger partial charge in [0, 0.05) is 12.1 Å². The van der Waals surface area contributed by atoms with Gasteiger partial charge >= 0.3 is 0 Å². The monoisotopic (exact) mass is 260 g/mol. The molecular formula is C16H24N2O. The Balaban J connectivity index is 1.88. The van der Waals surface area contributed by atoms with Crippen LogP contribution in [0.2, 0.25) is 0 Å². The van der Waals surface area contributed by atoms with E-state index < -0.39 is 0 Å². The van der Waals surface area contributed by atoms with Crippen LogP contribution < -0.4 is 10.6 Å². The third-order valence-corrected chi connectivity index (χ3v) is 3.36. The smallest absolute Gasteiger partial charge is 0.234 e. The number of amides is 1. The summed E-state index contributed by atoms with van der Waals surface area (Å²) in [5.74, 6) is 0.719. The summed E-state index contributed by atoms with van der Waals surface area (Å²) in [6.45, 7) is 4.83. The van der Waals surface area contributed by atoms with Crippen molar-refractivity contribution >= 4 is 5.91 Å². The molecule has 1 aliphatic carbocycles. The molecule has 2 N–H and O–H groups in total. The molecule has 1 fully saturated rings. The summed E-state index contributed by atoms with van der Waals surface area (Å²) in [5.41, 5.74) is 1.26. The van der Waals surface area contributed by atoms with Crippen LogP contribution in [-0.4, -0.2) is 18.5 Å². The summed E-state index contributed by atoms with van der Waals surface area (Å²) >= 11 is 0. The fraction of sp³-hybridized carbons (Fsp3) is 0.562. The molecule has 1 aromatic carbocycles. The Morgan fingerprint density at radius 2 is 1.95 bits per heavy atom. The third kappa shape index (κ3) is 5.03. The minimum absolute atomic E-state index is 0.118. The first-order valence-corrected chi connectivity index (χ1v) is 7.23. The van der Waals surface area contributed by atoms with Gasteiger partial charge in [0.25, 0.3) is 0 Å². The molecule has 1 atom stereocenters. The molecule has 19 heavy (non-hydrogen) atoms. The molecule has 1 aromatic rings. The number of nitrogens with one attached hydrogen (secondary N) is 2. The third-order valence-electron chi connectivity index (χ3n) is 3.36. The zero-order chi connectivity index (χ0) is 13.7. The van der Waals surface area contributed by atoms with Crippen molar-refractivity contribution in [2.24, 2.45) is 5.92 Å². The van der Waals surface area contributed by atoms with Crippen molar-refractivity contribution < 1.29 is 4.79 Å². The molecule has 1 aliphatic rings. The maximum Gasteiger partial charge on any atom is 0.234 e. The van der Waals surface area contributed by atoms with Gasteiger partial charge in [-0.3, -0.25) is 4.79 Å². The first kappa shape index (κ1) is 14.1. The van der Waals surface area contributed by atoms with E-state index in [1.165, 1.54) is 5.56 Å². The SMILES string of the molecule is CC(C)CC(NCC(=O)NC1CC1)c1ccccc1. The number of rotatable bonds is 7. The zero-order valence-corrected chi connectivity index (χ0v) is 11.9. The summed E-state index contributed by atoms with van der Waals surface area (Å²) in [5, 5.41) is 6.40. The first-order valence-electron chi connectivity index (χ1n) is 7.23. The van der Waals surface area contributed by atoms with Crippen LogP contribution in [0.15, 0.2) is 30.3 Å². The zero-order valence-electron chi connectivity index (χ0n) is 11.9. The predicted molar refractivity (Wildman–Crippen MR) is 77.8 cm³/mol. The van der Waals surface area contributed by atoms with Crippen LogP contribution in [0.3, 0.4) is 0 Å². The van der Waals surface area contributed by atoms with E-state index in [1.54, 1.807) is 0 Å². The van der Waals surface area contributed by atoms with Crippen LogP contribution in [0.4, 0.5) is 0 Å². The van der Waals surface area contributed by atoms with Crippen LogP contribution in [0.5, 0.6) is 0 Å². The summed E-state index contributed by atoms with van der Waals surface area (Å²) < 4.78 is 0. The van der Waals surface area contributed by atoms with E-state index in [9.17, 15) is 4.79 Å². The first-order chi connectivity index (χ1) is 9.15. The molecule has 0 heterocycles. The van der Waals surface area contributed by atoms with E-state index in [1.807, 2.05) is 6.07 Å². The summed E-state index contributed by atoms with van der Waals surface area (Å²) in [7, 11) is 0. The second-order valence-electron chi connectivity index (χ2n) is 5.82. The Bertz CT molecular complexity index is 398. The van der Waals surface area contributed by atoms with Crippen molar-refractivity contribution in [3.8, 4) is 0 Å². The Labute approximate surface area is 115 Å². The Kier molecular flexibility index (Phi) is 4.97. The van der Waals surface area contributed by atoms with Gasteiger partial charge < -0.3 is 10.6 Å². The minimum atomic E-state index is 0.118. The van der Waals surface area contributed by atoms with E-state index in [0.717, 1.165) is 19.3 Å². The molecule has 0 bridgehead atoms. The quantitative estimate of drug-likeness (QED) is 0.791. The Hall–Kier alpha value is -1.35. The topological polar surface area (TPSA) is 41.1 Å². The van der Waals surface area contributed by atoms with Crippen LogP contribution >= 0.6 is 0 Å². The summed E-state index contributed by atoms with van der Waals surface area (Å²) in [6.07, 6.45) is 3.32. The molecule has 1 saturated carbocycles. The number of benzene rings is 1. The normalized spacial score (nSPS) is 16.4. The van der Waals surface area contributed by atoms with Crippen LogP contribution in [0.25, 0.3) is 0 Å². The highest BCUT2D eigenvalue weighted by Gasteiger charge is 2.23. The fourth-order valence-electron chi connectivity index (χ4n) is 2.22. The second kappa shape index (κ2) is 6.71. The summed E-state index contributed by atoms with van der Waals surface area (Å²) in [4.78, 5) is 11.7. The van der Waals surface area contributed by atoms with E-state index in [4.69, 9.17) is 0 Å². The van der Waals surface area contributed by atoms with Gasteiger partial charge in [0.1, 0.15) is 0 Å². The molecule has 104 valence electrons. The number of hydrogen-bond donors (Lipinski definition) is 2. The standard InChI is InChI=1S/C16H24N2O/c1-12(2)10-15(13-6-4-3-5-7-13)17-11-16(19)18-14-8-9-14/h3-7,12,14-15,17H,8-11H2,1-2H3,(H,18,19). The lowest BCUT2D eigenvalue weighted by Gasteiger charge is -2.21. The van der Waals surface area contributed by atoms with E-state index in [0.29, 0.717) is 18.5 Å². The van der Waals surface area contributed by atoms with E-state index in [2.05, 4.69) is 48.7 Å². The van der Waals surface area contributed by atoms with Crippen molar-refractivity contribution in [1.82, 2.24) is 10.6 Å². The van der Waals surface area contributed by atoms with E-state index in [-0.39, 0.29) is 11.9 Å². The lowest BCUT2D eigenvalue weighted by Crippen LogP contribution is -2.37. The Morgan fingerprint density at radius 1 is 1.26 bits per heavy atom. The highest BCUT2D eigenvalue weighted by molar-refractivity contribution is 5.78. The molecule has 2 rings (SSSR count). The molecule has 0 aliphatic heterocycles. The van der Waals surface area contributed by atoms with Gasteiger partial charge in [-0.15, -0.1) is 0 Å². The Morgan fingerprint density at radius 3 is 2.53 bits per heavy atom. The van der Waals surface area contributed by atoms with Gasteiger partial charge in [0.05, 0.1) is 6.54 Å². The van der Waals surface area contributed by atoms with Gasteiger partial charge in [-0.25, -0.2) is 0 Å². The molecule has 3 heteroatoms. The minimum Gasteiger partial charge on any atom is -0.352 e. The maximum atomic E-state index is 11.7. The number of carbonyl (C=O) groups is 1. The molecule has 0 saturated heterocycles. The van der Waals surface area contributed by atoms with Crippen molar-refractivity contribution in [3.05, 3.63) is 35.9 Å². The van der Waals surface area contributed by atoms with Crippen molar-refractivity contribution in [2.75, 3.05) is 6.54 Å². The molecule has 1 unspecified atom stereocenters. The fourth-order valence-corrected chi connectivity index (χ4v) is 2.22. The van der Waals surface area contributed by atoms with Crippen molar-refractivity contribution in [3.63, 3.8) is 0 Å². The van der Waals surface area contributed by atoms with Crippen molar-refractivity contribution in [2.45, 2.75) is 45.2 Å². The van der Waals surface area contributed by atoms with Crippen LogP contribution in [0.1, 0.15) is 44.7 Å².